The highest BCUT2D eigenvalue weighted by Gasteiger charge is 2.21. The van der Waals surface area contributed by atoms with Crippen LogP contribution in [0.2, 0.25) is 0 Å². The SMILES string of the molecule is Fc1cc(F)c(C(Br)c2ccc3ccccc3c2)c(F)c1. The molecule has 0 aromatic heterocycles. The maximum atomic E-state index is 13.9. The first-order chi connectivity index (χ1) is 10.1. The predicted molar refractivity (Wildman–Crippen MR) is 81.0 cm³/mol. The number of alkyl halides is 1. The summed E-state index contributed by atoms with van der Waals surface area (Å²) in [6.07, 6.45) is 0. The van der Waals surface area contributed by atoms with Gasteiger partial charge >= 0.3 is 0 Å². The van der Waals surface area contributed by atoms with Crippen LogP contribution in [-0.2, 0) is 0 Å². The molecule has 0 aliphatic carbocycles. The fraction of sp³-hybridized carbons (Fsp3) is 0.0588. The Bertz CT molecular complexity index is 791. The molecule has 0 saturated carbocycles. The van der Waals surface area contributed by atoms with E-state index in [0.29, 0.717) is 17.7 Å². The highest BCUT2D eigenvalue weighted by atomic mass is 79.9. The van der Waals surface area contributed by atoms with Crippen LogP contribution in [0.3, 0.4) is 0 Å². The maximum Gasteiger partial charge on any atom is 0.133 e. The average molecular weight is 351 g/mol. The molecule has 0 aliphatic rings. The molecule has 0 spiro atoms. The van der Waals surface area contributed by atoms with Gasteiger partial charge in [-0.1, -0.05) is 52.3 Å². The van der Waals surface area contributed by atoms with Gasteiger partial charge in [-0.2, -0.15) is 0 Å². The average Bonchev–Trinajstić information content (AvgIpc) is 2.45. The van der Waals surface area contributed by atoms with Crippen molar-refractivity contribution < 1.29 is 13.2 Å². The van der Waals surface area contributed by atoms with E-state index in [0.717, 1.165) is 10.8 Å². The fourth-order valence-corrected chi connectivity index (χ4v) is 3.05. The Kier molecular flexibility index (Phi) is 3.72. The van der Waals surface area contributed by atoms with E-state index in [4.69, 9.17) is 0 Å². The standard InChI is InChI=1S/C17H10BrF3/c18-17(16-14(20)8-13(19)9-15(16)21)12-6-5-10-3-1-2-4-11(10)7-12/h1-9,17H. The minimum atomic E-state index is -0.924. The molecule has 21 heavy (non-hydrogen) atoms. The maximum absolute atomic E-state index is 13.9. The smallest absolute Gasteiger partial charge is 0.133 e. The topological polar surface area (TPSA) is 0 Å². The van der Waals surface area contributed by atoms with Gasteiger partial charge in [-0.3, -0.25) is 0 Å². The lowest BCUT2D eigenvalue weighted by Gasteiger charge is -2.14. The molecule has 4 heteroatoms. The van der Waals surface area contributed by atoms with Crippen LogP contribution < -0.4 is 0 Å². The molecule has 0 N–H and O–H groups in total. The molecule has 1 atom stereocenters. The van der Waals surface area contributed by atoms with Gasteiger partial charge in [0.25, 0.3) is 0 Å². The highest BCUT2D eigenvalue weighted by molar-refractivity contribution is 9.09. The Morgan fingerprint density at radius 2 is 1.38 bits per heavy atom. The van der Waals surface area contributed by atoms with E-state index in [2.05, 4.69) is 15.9 Å². The van der Waals surface area contributed by atoms with Crippen molar-refractivity contribution >= 4 is 26.7 Å². The van der Waals surface area contributed by atoms with E-state index in [1.807, 2.05) is 36.4 Å². The number of rotatable bonds is 2. The summed E-state index contributed by atoms with van der Waals surface area (Å²) in [5, 5.41) is 2.02. The Labute approximate surface area is 128 Å². The summed E-state index contributed by atoms with van der Waals surface area (Å²) >= 11 is 3.30. The van der Waals surface area contributed by atoms with Gasteiger partial charge in [0.1, 0.15) is 17.5 Å². The quantitative estimate of drug-likeness (QED) is 0.517. The molecule has 3 rings (SSSR count). The zero-order chi connectivity index (χ0) is 15.0. The molecule has 0 fully saturated rings. The monoisotopic (exact) mass is 350 g/mol. The van der Waals surface area contributed by atoms with Crippen molar-refractivity contribution in [3.8, 4) is 0 Å². The van der Waals surface area contributed by atoms with Crippen molar-refractivity contribution in [2.24, 2.45) is 0 Å². The summed E-state index contributed by atoms with van der Waals surface area (Å²) in [4.78, 5) is -0.678. The molecule has 0 nitrogen and oxygen atoms in total. The number of benzene rings is 3. The van der Waals surface area contributed by atoms with Crippen LogP contribution in [0.1, 0.15) is 16.0 Å². The summed E-state index contributed by atoms with van der Waals surface area (Å²) in [7, 11) is 0. The van der Waals surface area contributed by atoms with Crippen LogP contribution >= 0.6 is 15.9 Å². The Hall–Kier alpha value is -1.81. The summed E-state index contributed by atoms with van der Waals surface area (Å²) in [5.74, 6) is -2.72. The minimum absolute atomic E-state index is 0.188. The first-order valence-corrected chi connectivity index (χ1v) is 7.25. The van der Waals surface area contributed by atoms with Gasteiger partial charge in [0.05, 0.1) is 4.83 Å². The second-order valence-corrected chi connectivity index (χ2v) is 5.67. The van der Waals surface area contributed by atoms with E-state index < -0.39 is 22.3 Å². The number of hydrogen-bond acceptors (Lipinski definition) is 0. The Balaban J connectivity index is 2.10. The first-order valence-electron chi connectivity index (χ1n) is 6.33. The molecule has 0 radical (unpaired) electrons. The zero-order valence-corrected chi connectivity index (χ0v) is 12.4. The molecule has 0 bridgehead atoms. The van der Waals surface area contributed by atoms with Crippen molar-refractivity contribution in [2.45, 2.75) is 4.83 Å². The lowest BCUT2D eigenvalue weighted by atomic mass is 10.0. The van der Waals surface area contributed by atoms with Crippen LogP contribution in [0.5, 0.6) is 0 Å². The minimum Gasteiger partial charge on any atom is -0.207 e. The lowest BCUT2D eigenvalue weighted by molar-refractivity contribution is 0.527. The zero-order valence-electron chi connectivity index (χ0n) is 10.8. The van der Waals surface area contributed by atoms with Crippen molar-refractivity contribution in [2.75, 3.05) is 0 Å². The van der Waals surface area contributed by atoms with Crippen molar-refractivity contribution in [1.82, 2.24) is 0 Å². The molecule has 0 aliphatic heterocycles. The normalized spacial score (nSPS) is 12.6. The third-order valence-electron chi connectivity index (χ3n) is 3.36. The summed E-state index contributed by atoms with van der Waals surface area (Å²) in [5.41, 5.74) is 0.518. The molecule has 0 amide bonds. The predicted octanol–water partition coefficient (Wildman–Crippen LogP) is 5.74. The second kappa shape index (κ2) is 5.53. The third kappa shape index (κ3) is 2.68. The molecular weight excluding hydrogens is 341 g/mol. The first kappa shape index (κ1) is 14.1. The molecule has 0 heterocycles. The van der Waals surface area contributed by atoms with E-state index in [-0.39, 0.29) is 5.56 Å². The molecular formula is C17H10BrF3. The van der Waals surface area contributed by atoms with Gasteiger partial charge in [0, 0.05) is 17.7 Å². The largest absolute Gasteiger partial charge is 0.207 e. The van der Waals surface area contributed by atoms with E-state index in [9.17, 15) is 13.2 Å². The van der Waals surface area contributed by atoms with Crippen molar-refractivity contribution in [3.63, 3.8) is 0 Å². The molecule has 3 aromatic rings. The number of halogens is 4. The van der Waals surface area contributed by atoms with Crippen LogP contribution in [-0.4, -0.2) is 0 Å². The number of fused-ring (bicyclic) bond motifs is 1. The van der Waals surface area contributed by atoms with E-state index in [1.165, 1.54) is 0 Å². The Morgan fingerprint density at radius 3 is 2.05 bits per heavy atom. The van der Waals surface area contributed by atoms with Crippen molar-refractivity contribution in [3.05, 3.63) is 83.2 Å². The second-order valence-electron chi connectivity index (χ2n) is 4.75. The van der Waals surface area contributed by atoms with E-state index in [1.54, 1.807) is 6.07 Å². The van der Waals surface area contributed by atoms with Crippen LogP contribution in [0.15, 0.2) is 54.6 Å². The summed E-state index contributed by atoms with van der Waals surface area (Å²) < 4.78 is 40.7. The van der Waals surface area contributed by atoms with Gasteiger partial charge in [-0.05, 0) is 22.4 Å². The van der Waals surface area contributed by atoms with Gasteiger partial charge in [-0.15, -0.1) is 0 Å². The van der Waals surface area contributed by atoms with Crippen LogP contribution in [0, 0.1) is 17.5 Å². The molecule has 1 unspecified atom stereocenters. The van der Waals surface area contributed by atoms with Gasteiger partial charge in [0.2, 0.25) is 0 Å². The highest BCUT2D eigenvalue weighted by Crippen LogP contribution is 2.35. The number of hydrogen-bond donors (Lipinski definition) is 0. The van der Waals surface area contributed by atoms with Gasteiger partial charge in [0.15, 0.2) is 0 Å². The molecule has 106 valence electrons. The van der Waals surface area contributed by atoms with E-state index >= 15 is 0 Å². The molecule has 0 saturated heterocycles. The third-order valence-corrected chi connectivity index (χ3v) is 4.35. The lowest BCUT2D eigenvalue weighted by Crippen LogP contribution is -2.02. The molecule has 3 aromatic carbocycles. The van der Waals surface area contributed by atoms with Gasteiger partial charge < -0.3 is 0 Å². The van der Waals surface area contributed by atoms with Crippen LogP contribution in [0.4, 0.5) is 13.2 Å². The summed E-state index contributed by atoms with van der Waals surface area (Å²) in [6.45, 7) is 0. The fourth-order valence-electron chi connectivity index (χ4n) is 2.33. The van der Waals surface area contributed by atoms with Crippen LogP contribution in [0.25, 0.3) is 10.8 Å². The van der Waals surface area contributed by atoms with Crippen molar-refractivity contribution in [1.29, 1.82) is 0 Å². The Morgan fingerprint density at radius 1 is 0.762 bits per heavy atom. The van der Waals surface area contributed by atoms with Gasteiger partial charge in [-0.25, -0.2) is 13.2 Å². The summed E-state index contributed by atoms with van der Waals surface area (Å²) in [6, 6.07) is 14.6.